The fraction of sp³-hybridized carbons (Fsp3) is 0.800. The summed E-state index contributed by atoms with van der Waals surface area (Å²) in [6.07, 6.45) is 2.66. The van der Waals surface area contributed by atoms with Gasteiger partial charge in [0.05, 0.1) is 0 Å². The van der Waals surface area contributed by atoms with Crippen molar-refractivity contribution in [2.75, 3.05) is 6.54 Å². The second-order valence-corrected chi connectivity index (χ2v) is 4.04. The van der Waals surface area contributed by atoms with Crippen LogP contribution in [0.4, 0.5) is 4.79 Å². The largest absolute Gasteiger partial charge is 0.368 e. The fourth-order valence-corrected chi connectivity index (χ4v) is 1.73. The molecule has 5 nitrogen and oxygen atoms in total. The Hall–Kier alpha value is -1.26. The molecule has 1 rings (SSSR count). The first-order valence-corrected chi connectivity index (χ1v) is 5.42. The molecule has 0 aromatic carbocycles. The topological polar surface area (TPSA) is 75.4 Å². The third-order valence-corrected chi connectivity index (χ3v) is 2.70. The number of carbonyl (C=O) groups excluding carboxylic acids is 2. The molecule has 1 heterocycles. The summed E-state index contributed by atoms with van der Waals surface area (Å²) in [4.78, 5) is 24.0. The number of nitrogens with two attached hydrogens (primary N) is 1. The molecule has 1 aliphatic heterocycles. The molecule has 0 aromatic heterocycles. The van der Waals surface area contributed by atoms with Crippen LogP contribution in [0.3, 0.4) is 0 Å². The van der Waals surface area contributed by atoms with Crippen LogP contribution < -0.4 is 11.1 Å². The van der Waals surface area contributed by atoms with E-state index in [0.717, 1.165) is 12.8 Å². The maximum Gasteiger partial charge on any atom is 0.318 e. The van der Waals surface area contributed by atoms with Crippen LogP contribution in [-0.2, 0) is 4.79 Å². The first-order chi connectivity index (χ1) is 7.06. The number of urea groups is 1. The summed E-state index contributed by atoms with van der Waals surface area (Å²) < 4.78 is 0. The molecule has 0 aromatic rings. The minimum atomic E-state index is -0.417. The number of hydrogen-bond donors (Lipinski definition) is 2. The van der Waals surface area contributed by atoms with Crippen molar-refractivity contribution in [2.45, 2.75) is 45.2 Å². The zero-order chi connectivity index (χ0) is 11.4. The van der Waals surface area contributed by atoms with Crippen LogP contribution in [0.15, 0.2) is 0 Å². The van der Waals surface area contributed by atoms with Crippen molar-refractivity contribution in [3.8, 4) is 0 Å². The standard InChI is InChI=1S/C10H19N3O2/c1-3-4-7(2)12-10(15)13-6-5-8(13)9(11)14/h7-8H,3-6H2,1-2H3,(H2,11,14)(H,12,15). The Kier molecular flexibility index (Phi) is 3.94. The summed E-state index contributed by atoms with van der Waals surface area (Å²) in [6.45, 7) is 4.65. The van der Waals surface area contributed by atoms with Crippen LogP contribution in [0.5, 0.6) is 0 Å². The van der Waals surface area contributed by atoms with Crippen LogP contribution in [0.1, 0.15) is 33.1 Å². The molecule has 0 saturated carbocycles. The van der Waals surface area contributed by atoms with E-state index >= 15 is 0 Å². The summed E-state index contributed by atoms with van der Waals surface area (Å²) in [6, 6.07) is -0.429. The Morgan fingerprint density at radius 3 is 2.67 bits per heavy atom. The van der Waals surface area contributed by atoms with Gasteiger partial charge in [0.25, 0.3) is 0 Å². The lowest BCUT2D eigenvalue weighted by Gasteiger charge is -2.39. The summed E-state index contributed by atoms with van der Waals surface area (Å²) >= 11 is 0. The van der Waals surface area contributed by atoms with E-state index in [1.165, 1.54) is 4.90 Å². The van der Waals surface area contributed by atoms with Crippen molar-refractivity contribution in [1.29, 1.82) is 0 Å². The molecule has 3 amide bonds. The third kappa shape index (κ3) is 2.84. The van der Waals surface area contributed by atoms with Crippen molar-refractivity contribution in [3.05, 3.63) is 0 Å². The molecular weight excluding hydrogens is 194 g/mol. The maximum atomic E-state index is 11.6. The Morgan fingerprint density at radius 2 is 2.27 bits per heavy atom. The Morgan fingerprint density at radius 1 is 1.60 bits per heavy atom. The smallest absolute Gasteiger partial charge is 0.318 e. The number of hydrogen-bond acceptors (Lipinski definition) is 2. The zero-order valence-electron chi connectivity index (χ0n) is 9.32. The molecule has 3 N–H and O–H groups in total. The van der Waals surface area contributed by atoms with Crippen LogP contribution in [-0.4, -0.2) is 35.5 Å². The molecule has 1 fully saturated rings. The summed E-state index contributed by atoms with van der Waals surface area (Å²) in [5, 5.41) is 2.85. The van der Waals surface area contributed by atoms with Gasteiger partial charge >= 0.3 is 6.03 Å². The number of nitrogens with one attached hydrogen (secondary N) is 1. The monoisotopic (exact) mass is 213 g/mol. The van der Waals surface area contributed by atoms with E-state index in [0.29, 0.717) is 13.0 Å². The number of rotatable bonds is 4. The van der Waals surface area contributed by atoms with E-state index < -0.39 is 11.9 Å². The average Bonchev–Trinajstić information content (AvgIpc) is 1.99. The van der Waals surface area contributed by atoms with Crippen LogP contribution >= 0.6 is 0 Å². The first-order valence-electron chi connectivity index (χ1n) is 5.42. The molecule has 86 valence electrons. The highest BCUT2D eigenvalue weighted by Crippen LogP contribution is 2.16. The minimum absolute atomic E-state index is 0.150. The molecule has 2 unspecified atom stereocenters. The van der Waals surface area contributed by atoms with Crippen molar-refractivity contribution < 1.29 is 9.59 Å². The molecule has 5 heteroatoms. The highest BCUT2D eigenvalue weighted by atomic mass is 16.2. The summed E-state index contributed by atoms with van der Waals surface area (Å²) in [7, 11) is 0. The van der Waals surface area contributed by atoms with Gasteiger partial charge in [-0.3, -0.25) is 4.79 Å². The van der Waals surface area contributed by atoms with Crippen LogP contribution in [0, 0.1) is 0 Å². The minimum Gasteiger partial charge on any atom is -0.368 e. The molecule has 0 aliphatic carbocycles. The van der Waals surface area contributed by atoms with E-state index in [2.05, 4.69) is 12.2 Å². The predicted molar refractivity (Wildman–Crippen MR) is 57.2 cm³/mol. The van der Waals surface area contributed by atoms with Gasteiger partial charge in [-0.2, -0.15) is 0 Å². The average molecular weight is 213 g/mol. The Bertz CT molecular complexity index is 255. The van der Waals surface area contributed by atoms with Gasteiger partial charge in [-0.25, -0.2) is 4.79 Å². The summed E-state index contributed by atoms with van der Waals surface area (Å²) in [5.41, 5.74) is 5.15. The lowest BCUT2D eigenvalue weighted by atomic mass is 10.0. The van der Waals surface area contributed by atoms with Crippen molar-refractivity contribution in [1.82, 2.24) is 10.2 Å². The first kappa shape index (κ1) is 11.8. The van der Waals surface area contributed by atoms with Crippen molar-refractivity contribution in [2.24, 2.45) is 5.73 Å². The SMILES string of the molecule is CCCC(C)NC(=O)N1CCC1C(N)=O. The van der Waals surface area contributed by atoms with E-state index in [1.807, 2.05) is 6.92 Å². The fourth-order valence-electron chi connectivity index (χ4n) is 1.73. The second kappa shape index (κ2) is 5.00. The van der Waals surface area contributed by atoms with E-state index in [4.69, 9.17) is 5.73 Å². The van der Waals surface area contributed by atoms with Crippen LogP contribution in [0.2, 0.25) is 0 Å². The lowest BCUT2D eigenvalue weighted by Crippen LogP contribution is -2.60. The summed E-state index contributed by atoms with van der Waals surface area (Å²) in [5.74, 6) is -0.417. The quantitative estimate of drug-likeness (QED) is 0.711. The normalized spacial score (nSPS) is 21.7. The third-order valence-electron chi connectivity index (χ3n) is 2.70. The highest BCUT2D eigenvalue weighted by molar-refractivity contribution is 5.87. The van der Waals surface area contributed by atoms with Gasteiger partial charge in [0.15, 0.2) is 0 Å². The van der Waals surface area contributed by atoms with Crippen molar-refractivity contribution >= 4 is 11.9 Å². The lowest BCUT2D eigenvalue weighted by molar-refractivity contribution is -0.125. The molecule has 15 heavy (non-hydrogen) atoms. The highest BCUT2D eigenvalue weighted by Gasteiger charge is 2.36. The van der Waals surface area contributed by atoms with Gasteiger partial charge in [0.2, 0.25) is 5.91 Å². The Balaban J connectivity index is 2.37. The Labute approximate surface area is 90.0 Å². The van der Waals surface area contributed by atoms with Crippen LogP contribution in [0.25, 0.3) is 0 Å². The molecule has 0 spiro atoms. The number of amides is 3. The molecule has 1 saturated heterocycles. The van der Waals surface area contributed by atoms with Gasteiger partial charge < -0.3 is 16.0 Å². The van der Waals surface area contributed by atoms with Gasteiger partial charge in [0, 0.05) is 12.6 Å². The number of likely N-dealkylation sites (tertiary alicyclic amines) is 1. The molecule has 2 atom stereocenters. The van der Waals surface area contributed by atoms with Gasteiger partial charge in [-0.05, 0) is 19.8 Å². The van der Waals surface area contributed by atoms with E-state index in [1.54, 1.807) is 0 Å². The predicted octanol–water partition coefficient (Wildman–Crippen LogP) is 0.444. The molecule has 0 bridgehead atoms. The molecule has 1 aliphatic rings. The zero-order valence-corrected chi connectivity index (χ0v) is 9.32. The number of nitrogens with zero attached hydrogens (tertiary/aromatic N) is 1. The number of primary amides is 1. The van der Waals surface area contributed by atoms with Gasteiger partial charge in [-0.15, -0.1) is 0 Å². The molecule has 0 radical (unpaired) electrons. The number of carbonyl (C=O) groups is 2. The van der Waals surface area contributed by atoms with Crippen molar-refractivity contribution in [3.63, 3.8) is 0 Å². The second-order valence-electron chi connectivity index (χ2n) is 4.04. The molecular formula is C10H19N3O2. The van der Waals surface area contributed by atoms with Gasteiger partial charge in [-0.1, -0.05) is 13.3 Å². The maximum absolute atomic E-state index is 11.6. The van der Waals surface area contributed by atoms with E-state index in [-0.39, 0.29) is 12.1 Å². The van der Waals surface area contributed by atoms with Gasteiger partial charge in [0.1, 0.15) is 6.04 Å². The van der Waals surface area contributed by atoms with E-state index in [9.17, 15) is 9.59 Å².